The average molecular weight is 298 g/mol. The topological polar surface area (TPSA) is 40.5 Å². The van der Waals surface area contributed by atoms with Crippen molar-refractivity contribution in [3.05, 3.63) is 42.0 Å². The van der Waals surface area contributed by atoms with E-state index in [2.05, 4.69) is 25.6 Å². The molecule has 0 radical (unpaired) electrons. The van der Waals surface area contributed by atoms with Gasteiger partial charge in [0.05, 0.1) is 6.10 Å². The normalized spacial score (nSPS) is 43.1. The third kappa shape index (κ3) is 1.76. The third-order valence-electron chi connectivity index (χ3n) is 7.06. The van der Waals surface area contributed by atoms with E-state index in [4.69, 9.17) is 0 Å². The van der Waals surface area contributed by atoms with E-state index < -0.39 is 0 Å². The molecule has 2 fully saturated rings. The molecule has 22 heavy (non-hydrogen) atoms. The Morgan fingerprint density at radius 3 is 2.86 bits per heavy atom. The molecule has 0 saturated heterocycles. The van der Waals surface area contributed by atoms with Crippen LogP contribution >= 0.6 is 0 Å². The highest BCUT2D eigenvalue weighted by Gasteiger charge is 2.57. The Bertz CT molecular complexity index is 622. The molecule has 0 aromatic heterocycles. The van der Waals surface area contributed by atoms with Gasteiger partial charge in [-0.2, -0.15) is 0 Å². The minimum absolute atomic E-state index is 0.0372. The van der Waals surface area contributed by atoms with Crippen LogP contribution in [0.5, 0.6) is 5.75 Å². The maximum Gasteiger partial charge on any atom is 0.115 e. The minimum atomic E-state index is -0.128. The van der Waals surface area contributed by atoms with Gasteiger partial charge < -0.3 is 10.2 Å². The summed E-state index contributed by atoms with van der Waals surface area (Å²) in [5, 5.41) is 20.1. The Balaban J connectivity index is 1.82. The van der Waals surface area contributed by atoms with Crippen molar-refractivity contribution in [2.24, 2.45) is 17.3 Å². The number of fused-ring (bicyclic) bond motifs is 5. The Morgan fingerprint density at radius 2 is 2.09 bits per heavy atom. The molecular weight excluding hydrogens is 272 g/mol. The van der Waals surface area contributed by atoms with Crippen molar-refractivity contribution in [1.82, 2.24) is 0 Å². The number of aliphatic hydroxyl groups is 1. The number of phenols is 1. The summed E-state index contributed by atoms with van der Waals surface area (Å²) in [7, 11) is 0. The van der Waals surface area contributed by atoms with Crippen molar-refractivity contribution in [1.29, 1.82) is 0 Å². The molecule has 3 aliphatic rings. The van der Waals surface area contributed by atoms with Crippen molar-refractivity contribution < 1.29 is 10.2 Å². The lowest BCUT2D eigenvalue weighted by Crippen LogP contribution is -2.49. The second-order valence-electron chi connectivity index (χ2n) is 8.09. The molecule has 5 atom stereocenters. The largest absolute Gasteiger partial charge is 0.508 e. The predicted molar refractivity (Wildman–Crippen MR) is 87.9 cm³/mol. The van der Waals surface area contributed by atoms with Gasteiger partial charge in [0.15, 0.2) is 0 Å². The molecule has 0 heterocycles. The molecule has 2 unspecified atom stereocenters. The summed E-state index contributed by atoms with van der Waals surface area (Å²) in [6.45, 7) is 6.59. The van der Waals surface area contributed by atoms with Crippen molar-refractivity contribution in [3.8, 4) is 5.75 Å². The molecule has 1 aromatic carbocycles. The number of phenolic OH excluding ortho intramolecular Hbond substituents is 1. The molecule has 0 spiro atoms. The van der Waals surface area contributed by atoms with E-state index in [1.165, 1.54) is 11.1 Å². The SMILES string of the molecule is C=CC12CC[C@]3(C)CC(O)C[C@H]3[C@@H]1CCc1cc(O)ccc12. The number of rotatable bonds is 1. The number of benzene rings is 1. The highest BCUT2D eigenvalue weighted by Crippen LogP contribution is 2.63. The highest BCUT2D eigenvalue weighted by atomic mass is 16.3. The number of aromatic hydroxyl groups is 1. The highest BCUT2D eigenvalue weighted by molar-refractivity contribution is 5.46. The Morgan fingerprint density at radius 1 is 1.27 bits per heavy atom. The van der Waals surface area contributed by atoms with Crippen LogP contribution in [0.3, 0.4) is 0 Å². The number of aryl methyl sites for hydroxylation is 1. The fourth-order valence-electron chi connectivity index (χ4n) is 6.03. The van der Waals surface area contributed by atoms with Gasteiger partial charge in [-0.1, -0.05) is 19.1 Å². The summed E-state index contributed by atoms with van der Waals surface area (Å²) in [5.74, 6) is 1.54. The zero-order valence-electron chi connectivity index (χ0n) is 13.4. The molecule has 2 saturated carbocycles. The number of hydrogen-bond donors (Lipinski definition) is 2. The van der Waals surface area contributed by atoms with Gasteiger partial charge in [0.2, 0.25) is 0 Å². The summed E-state index contributed by atoms with van der Waals surface area (Å²) in [6.07, 6.45) is 8.43. The first-order valence-corrected chi connectivity index (χ1v) is 8.62. The van der Waals surface area contributed by atoms with E-state index in [-0.39, 0.29) is 11.5 Å². The molecule has 2 N–H and O–H groups in total. The zero-order valence-corrected chi connectivity index (χ0v) is 13.4. The summed E-state index contributed by atoms with van der Waals surface area (Å²) in [5.41, 5.74) is 3.00. The number of allylic oxidation sites excluding steroid dienone is 1. The van der Waals surface area contributed by atoms with Crippen molar-refractivity contribution in [2.75, 3.05) is 0 Å². The van der Waals surface area contributed by atoms with Gasteiger partial charge in [-0.3, -0.25) is 0 Å². The Kier molecular flexibility index (Phi) is 3.00. The van der Waals surface area contributed by atoms with Crippen LogP contribution in [0, 0.1) is 17.3 Å². The van der Waals surface area contributed by atoms with Gasteiger partial charge in [-0.15, -0.1) is 6.58 Å². The third-order valence-corrected chi connectivity index (χ3v) is 7.06. The summed E-state index contributed by atoms with van der Waals surface area (Å²) in [4.78, 5) is 0. The van der Waals surface area contributed by atoms with Gasteiger partial charge in [0.25, 0.3) is 0 Å². The van der Waals surface area contributed by atoms with Crippen LogP contribution in [0.2, 0.25) is 0 Å². The summed E-state index contributed by atoms with van der Waals surface area (Å²) in [6, 6.07) is 5.88. The fraction of sp³-hybridized carbons (Fsp3) is 0.600. The van der Waals surface area contributed by atoms with E-state index in [0.29, 0.717) is 23.0 Å². The van der Waals surface area contributed by atoms with Gasteiger partial charge in [-0.05, 0) is 79.0 Å². The monoisotopic (exact) mass is 298 g/mol. The van der Waals surface area contributed by atoms with Gasteiger partial charge >= 0.3 is 0 Å². The first kappa shape index (κ1) is 14.3. The molecule has 1 aromatic rings. The van der Waals surface area contributed by atoms with Gasteiger partial charge in [0.1, 0.15) is 5.75 Å². The van der Waals surface area contributed by atoms with E-state index in [1.807, 2.05) is 12.1 Å². The Hall–Kier alpha value is -1.28. The van der Waals surface area contributed by atoms with Gasteiger partial charge in [-0.25, -0.2) is 0 Å². The van der Waals surface area contributed by atoms with Crippen LogP contribution in [0.15, 0.2) is 30.9 Å². The van der Waals surface area contributed by atoms with E-state index in [1.54, 1.807) is 0 Å². The molecule has 3 aliphatic carbocycles. The number of hydrogen-bond acceptors (Lipinski definition) is 2. The van der Waals surface area contributed by atoms with Crippen LogP contribution in [0.1, 0.15) is 50.2 Å². The molecule has 4 rings (SSSR count). The molecule has 2 heteroatoms. The van der Waals surface area contributed by atoms with E-state index in [9.17, 15) is 10.2 Å². The van der Waals surface area contributed by atoms with Crippen LogP contribution in [-0.4, -0.2) is 16.3 Å². The predicted octanol–water partition coefficient (Wildman–Crippen LogP) is 3.95. The molecule has 0 amide bonds. The van der Waals surface area contributed by atoms with Crippen LogP contribution in [0.25, 0.3) is 0 Å². The second kappa shape index (κ2) is 4.61. The number of aliphatic hydroxyl groups excluding tert-OH is 1. The first-order chi connectivity index (χ1) is 10.5. The van der Waals surface area contributed by atoms with Crippen LogP contribution in [-0.2, 0) is 11.8 Å². The molecule has 0 aliphatic heterocycles. The lowest BCUT2D eigenvalue weighted by Gasteiger charge is -2.55. The first-order valence-electron chi connectivity index (χ1n) is 8.62. The Labute approximate surface area is 132 Å². The summed E-state index contributed by atoms with van der Waals surface area (Å²) < 4.78 is 0. The minimum Gasteiger partial charge on any atom is -0.508 e. The maximum absolute atomic E-state index is 10.2. The lowest BCUT2D eigenvalue weighted by molar-refractivity contribution is 0.0277. The lowest BCUT2D eigenvalue weighted by atomic mass is 9.49. The maximum atomic E-state index is 10.2. The summed E-state index contributed by atoms with van der Waals surface area (Å²) >= 11 is 0. The van der Waals surface area contributed by atoms with Crippen molar-refractivity contribution >= 4 is 0 Å². The van der Waals surface area contributed by atoms with Crippen molar-refractivity contribution in [2.45, 2.75) is 57.0 Å². The molecule has 0 bridgehead atoms. The van der Waals surface area contributed by atoms with Crippen LogP contribution in [0.4, 0.5) is 0 Å². The average Bonchev–Trinajstić information content (AvgIpc) is 2.80. The fourth-order valence-corrected chi connectivity index (χ4v) is 6.03. The smallest absolute Gasteiger partial charge is 0.115 e. The van der Waals surface area contributed by atoms with Crippen LogP contribution < -0.4 is 0 Å². The molecule has 2 nitrogen and oxygen atoms in total. The molecular formula is C20H26O2. The quantitative estimate of drug-likeness (QED) is 0.771. The van der Waals surface area contributed by atoms with E-state index in [0.717, 1.165) is 38.5 Å². The molecule has 118 valence electrons. The zero-order chi connectivity index (χ0) is 15.5. The van der Waals surface area contributed by atoms with E-state index >= 15 is 0 Å². The standard InChI is InChI=1S/C20H26O2/c1-3-20-9-8-19(2)12-15(22)11-18(19)17(20)6-4-13-10-14(21)5-7-16(13)20/h3,5,7,10,15,17-18,21-22H,1,4,6,8-9,11-12H2,2H3/t15?,17-,18-,19+,20?/m0/s1. The second-order valence-corrected chi connectivity index (χ2v) is 8.09. The van der Waals surface area contributed by atoms with Gasteiger partial charge in [0, 0.05) is 5.41 Å². The van der Waals surface area contributed by atoms with Crippen molar-refractivity contribution in [3.63, 3.8) is 0 Å².